The van der Waals surface area contributed by atoms with Gasteiger partial charge in [0, 0.05) is 38.3 Å². The Hall–Kier alpha value is -2.65. The number of ether oxygens (including phenoxy) is 5. The summed E-state index contributed by atoms with van der Waals surface area (Å²) in [4.78, 5) is 46.8. The van der Waals surface area contributed by atoms with Crippen LogP contribution >= 0.6 is 11.6 Å². The lowest BCUT2D eigenvalue weighted by Crippen LogP contribution is -2.59. The van der Waals surface area contributed by atoms with Gasteiger partial charge in [-0.3, -0.25) is 19.2 Å². The van der Waals surface area contributed by atoms with Crippen LogP contribution in [0.2, 0.25) is 5.02 Å². The predicted octanol–water partition coefficient (Wildman–Crippen LogP) is 2.32. The Kier molecular flexibility index (Phi) is 8.41. The number of halogens is 1. The van der Waals surface area contributed by atoms with Crippen molar-refractivity contribution in [2.45, 2.75) is 58.2 Å². The first-order valence-electron chi connectivity index (χ1n) is 9.41. The Labute approximate surface area is 184 Å². The number of hydrogen-bond donors (Lipinski definition) is 0. The van der Waals surface area contributed by atoms with Crippen molar-refractivity contribution in [3.05, 3.63) is 41.3 Å². The first kappa shape index (κ1) is 24.6. The predicted molar refractivity (Wildman–Crippen MR) is 107 cm³/mol. The summed E-state index contributed by atoms with van der Waals surface area (Å²) in [5, 5.41) is 0.272. The number of benzene rings is 1. The fraction of sp³-hybridized carbons (Fsp3) is 0.476. The number of hydrogen-bond acceptors (Lipinski definition) is 9. The molecule has 2 rings (SSSR count). The van der Waals surface area contributed by atoms with Gasteiger partial charge < -0.3 is 23.7 Å². The van der Waals surface area contributed by atoms with Gasteiger partial charge in [0.05, 0.1) is 0 Å². The SMILES string of the molecule is [CH2]c1ccc([C@@H]2O[C@H](COC(C)=O)[C@H](OC(C)=O)[C@H](OC(C)=O)[C@H]2OC(C)=O)c(Cl)c1. The molecule has 5 atom stereocenters. The summed E-state index contributed by atoms with van der Waals surface area (Å²) >= 11 is 6.38. The van der Waals surface area contributed by atoms with Crippen LogP contribution in [0.1, 0.15) is 44.9 Å². The minimum absolute atomic E-state index is 0.272. The molecule has 1 aliphatic heterocycles. The van der Waals surface area contributed by atoms with Crippen LogP contribution in [0, 0.1) is 6.92 Å². The van der Waals surface area contributed by atoms with Crippen LogP contribution in [0.5, 0.6) is 0 Å². The summed E-state index contributed by atoms with van der Waals surface area (Å²) in [6.07, 6.45) is -5.72. The minimum Gasteiger partial charge on any atom is -0.463 e. The van der Waals surface area contributed by atoms with E-state index in [2.05, 4.69) is 6.92 Å². The fourth-order valence-electron chi connectivity index (χ4n) is 3.28. The second-order valence-electron chi connectivity index (χ2n) is 6.98. The average Bonchev–Trinajstić information content (AvgIpc) is 2.63. The van der Waals surface area contributed by atoms with E-state index in [1.807, 2.05) is 0 Å². The van der Waals surface area contributed by atoms with Gasteiger partial charge in [-0.25, -0.2) is 0 Å². The van der Waals surface area contributed by atoms with Gasteiger partial charge in [-0.05, 0) is 18.6 Å². The number of esters is 4. The molecule has 169 valence electrons. The molecular formula is C21H24ClO9. The molecule has 0 saturated carbocycles. The van der Waals surface area contributed by atoms with E-state index in [9.17, 15) is 19.2 Å². The lowest BCUT2D eigenvalue weighted by molar-refractivity contribution is -0.254. The number of carbonyl (C=O) groups excluding carboxylic acids is 4. The third kappa shape index (κ3) is 6.67. The molecule has 31 heavy (non-hydrogen) atoms. The van der Waals surface area contributed by atoms with E-state index in [0.29, 0.717) is 11.1 Å². The van der Waals surface area contributed by atoms with E-state index in [0.717, 1.165) is 13.8 Å². The average molecular weight is 456 g/mol. The summed E-state index contributed by atoms with van der Waals surface area (Å²) in [6, 6.07) is 4.90. The zero-order valence-electron chi connectivity index (χ0n) is 17.6. The van der Waals surface area contributed by atoms with E-state index >= 15 is 0 Å². The van der Waals surface area contributed by atoms with Crippen LogP contribution in [0.25, 0.3) is 0 Å². The third-order valence-electron chi connectivity index (χ3n) is 4.36. The maximum Gasteiger partial charge on any atom is 0.303 e. The van der Waals surface area contributed by atoms with Gasteiger partial charge in [-0.1, -0.05) is 23.7 Å². The summed E-state index contributed by atoms with van der Waals surface area (Å²) in [5.74, 6) is -2.67. The van der Waals surface area contributed by atoms with Gasteiger partial charge in [0.2, 0.25) is 0 Å². The van der Waals surface area contributed by atoms with Crippen LogP contribution in [-0.2, 0) is 42.9 Å². The first-order valence-corrected chi connectivity index (χ1v) is 9.79. The van der Waals surface area contributed by atoms with Crippen LogP contribution in [0.3, 0.4) is 0 Å². The zero-order chi connectivity index (χ0) is 23.3. The van der Waals surface area contributed by atoms with Crippen molar-refractivity contribution < 1.29 is 42.9 Å². The molecule has 0 amide bonds. The van der Waals surface area contributed by atoms with Gasteiger partial charge in [-0.15, -0.1) is 0 Å². The Morgan fingerprint density at radius 2 is 1.45 bits per heavy atom. The second kappa shape index (κ2) is 10.6. The normalized spacial score (nSPS) is 25.3. The molecule has 9 nitrogen and oxygen atoms in total. The summed E-state index contributed by atoms with van der Waals surface area (Å²) in [6.45, 7) is 8.19. The Morgan fingerprint density at radius 1 is 0.903 bits per heavy atom. The smallest absolute Gasteiger partial charge is 0.303 e. The number of carbonyl (C=O) groups is 4. The van der Waals surface area contributed by atoms with Crippen LogP contribution in [0.4, 0.5) is 0 Å². The summed E-state index contributed by atoms with van der Waals surface area (Å²) < 4.78 is 27.3. The van der Waals surface area contributed by atoms with E-state index in [1.165, 1.54) is 13.8 Å². The zero-order valence-corrected chi connectivity index (χ0v) is 18.3. The molecule has 0 bridgehead atoms. The molecule has 0 aliphatic carbocycles. The van der Waals surface area contributed by atoms with Crippen molar-refractivity contribution in [1.29, 1.82) is 0 Å². The standard InChI is InChI=1S/C21H24ClO9/c1-10-6-7-15(16(22)8-10)18-20(29-13(4)25)21(30-14(5)26)19(28-12(3)24)17(31-18)9-27-11(2)23/h6-8,17-21H,1,9H2,2-5H3/t17-,18+,19+,20+,21+/m1/s1. The topological polar surface area (TPSA) is 114 Å². The van der Waals surface area contributed by atoms with Crippen molar-refractivity contribution in [1.82, 2.24) is 0 Å². The molecule has 10 heteroatoms. The van der Waals surface area contributed by atoms with Gasteiger partial charge >= 0.3 is 23.9 Å². The van der Waals surface area contributed by atoms with Crippen molar-refractivity contribution >= 4 is 35.5 Å². The van der Waals surface area contributed by atoms with E-state index in [-0.39, 0.29) is 11.6 Å². The molecule has 1 radical (unpaired) electrons. The second-order valence-corrected chi connectivity index (χ2v) is 7.38. The van der Waals surface area contributed by atoms with Gasteiger partial charge in [0.1, 0.15) is 18.8 Å². The number of rotatable bonds is 6. The van der Waals surface area contributed by atoms with Crippen LogP contribution < -0.4 is 0 Å². The van der Waals surface area contributed by atoms with Crippen molar-refractivity contribution in [2.24, 2.45) is 0 Å². The molecule has 0 N–H and O–H groups in total. The maximum absolute atomic E-state index is 11.8. The lowest BCUT2D eigenvalue weighted by Gasteiger charge is -2.44. The van der Waals surface area contributed by atoms with E-state index in [4.69, 9.17) is 35.3 Å². The molecule has 1 aliphatic rings. The van der Waals surface area contributed by atoms with Crippen molar-refractivity contribution in [2.75, 3.05) is 6.61 Å². The fourth-order valence-corrected chi connectivity index (χ4v) is 3.59. The molecule has 1 aromatic carbocycles. The highest BCUT2D eigenvalue weighted by atomic mass is 35.5. The molecule has 0 spiro atoms. The first-order chi connectivity index (χ1) is 14.5. The van der Waals surface area contributed by atoms with Gasteiger partial charge in [0.15, 0.2) is 18.3 Å². The highest BCUT2D eigenvalue weighted by molar-refractivity contribution is 6.31. The monoisotopic (exact) mass is 455 g/mol. The van der Waals surface area contributed by atoms with E-state index in [1.54, 1.807) is 18.2 Å². The van der Waals surface area contributed by atoms with Gasteiger partial charge in [-0.2, -0.15) is 0 Å². The Morgan fingerprint density at radius 3 is 1.97 bits per heavy atom. The molecule has 1 aromatic rings. The highest BCUT2D eigenvalue weighted by Crippen LogP contribution is 2.40. The molecule has 1 fully saturated rings. The highest BCUT2D eigenvalue weighted by Gasteiger charge is 2.52. The molecule has 1 heterocycles. The van der Waals surface area contributed by atoms with Crippen molar-refractivity contribution in [3.8, 4) is 0 Å². The Bertz CT molecular complexity index is 853. The molecule has 1 saturated heterocycles. The quantitative estimate of drug-likeness (QED) is 0.470. The molecule has 0 aromatic heterocycles. The van der Waals surface area contributed by atoms with Crippen LogP contribution in [0.15, 0.2) is 18.2 Å². The minimum atomic E-state index is -1.25. The Balaban J connectivity index is 2.57. The molecular weight excluding hydrogens is 432 g/mol. The lowest BCUT2D eigenvalue weighted by atomic mass is 9.90. The van der Waals surface area contributed by atoms with Crippen LogP contribution in [-0.4, -0.2) is 54.9 Å². The molecule has 0 unspecified atom stereocenters. The van der Waals surface area contributed by atoms with E-state index < -0.39 is 54.4 Å². The largest absolute Gasteiger partial charge is 0.463 e. The summed E-state index contributed by atoms with van der Waals surface area (Å²) in [5.41, 5.74) is 1.06. The van der Waals surface area contributed by atoms with Crippen molar-refractivity contribution in [3.63, 3.8) is 0 Å². The summed E-state index contributed by atoms with van der Waals surface area (Å²) in [7, 11) is 0. The third-order valence-corrected chi connectivity index (χ3v) is 4.69. The van der Waals surface area contributed by atoms with Gasteiger partial charge in [0.25, 0.3) is 0 Å². The maximum atomic E-state index is 11.8.